The van der Waals surface area contributed by atoms with Gasteiger partial charge in [0.25, 0.3) is 0 Å². The molecule has 0 fully saturated rings. The van der Waals surface area contributed by atoms with Crippen molar-refractivity contribution in [2.75, 3.05) is 0 Å². The van der Waals surface area contributed by atoms with Crippen LogP contribution in [0.1, 0.15) is 10.4 Å². The molecule has 0 saturated carbocycles. The van der Waals surface area contributed by atoms with E-state index < -0.39 is 5.97 Å². The topological polar surface area (TPSA) is 54.6 Å². The van der Waals surface area contributed by atoms with Crippen molar-refractivity contribution in [3.63, 3.8) is 0 Å². The predicted molar refractivity (Wildman–Crippen MR) is 67.6 cm³/mol. The second kappa shape index (κ2) is 4.00. The Balaban J connectivity index is 2.13. The first-order chi connectivity index (χ1) is 8.74. The summed E-state index contributed by atoms with van der Waals surface area (Å²) in [4.78, 5) is 15.4. The van der Waals surface area contributed by atoms with Crippen LogP contribution < -0.4 is 0 Å². The van der Waals surface area contributed by atoms with E-state index in [1.54, 1.807) is 18.2 Å². The van der Waals surface area contributed by atoms with Crippen LogP contribution in [-0.2, 0) is 0 Å². The molecule has 0 atom stereocenters. The van der Waals surface area contributed by atoms with E-state index in [2.05, 4.69) is 4.98 Å². The van der Waals surface area contributed by atoms with Gasteiger partial charge in [0.05, 0.1) is 11.3 Å². The maximum atomic E-state index is 10.9. The van der Waals surface area contributed by atoms with Gasteiger partial charge in [-0.05, 0) is 24.3 Å². The van der Waals surface area contributed by atoms with Crippen molar-refractivity contribution in [2.24, 2.45) is 0 Å². The number of hydrogen-bond donors (Lipinski definition) is 1. The molecule has 0 aliphatic carbocycles. The van der Waals surface area contributed by atoms with Gasteiger partial charge in [-0.2, -0.15) is 0 Å². The third-order valence-corrected chi connectivity index (χ3v) is 2.77. The van der Waals surface area contributed by atoms with Crippen molar-refractivity contribution in [3.8, 4) is 11.3 Å². The van der Waals surface area contributed by atoms with Crippen LogP contribution >= 0.6 is 0 Å². The van der Waals surface area contributed by atoms with Crippen molar-refractivity contribution in [2.45, 2.75) is 0 Å². The standard InChI is InChI=1S/C14H10N2O2/c17-14(18)11-5-3-4-10(8-11)12-9-16-7-2-1-6-13(16)15-12/h1-9H,(H,17,18). The molecule has 2 heterocycles. The highest BCUT2D eigenvalue weighted by atomic mass is 16.4. The normalized spacial score (nSPS) is 10.7. The lowest BCUT2D eigenvalue weighted by atomic mass is 10.1. The first-order valence-corrected chi connectivity index (χ1v) is 5.51. The molecule has 0 unspecified atom stereocenters. The van der Waals surface area contributed by atoms with Crippen LogP contribution in [0, 0.1) is 0 Å². The van der Waals surface area contributed by atoms with Gasteiger partial charge in [0, 0.05) is 18.0 Å². The number of carbonyl (C=O) groups is 1. The second-order valence-electron chi connectivity index (χ2n) is 3.98. The van der Waals surface area contributed by atoms with E-state index in [0.717, 1.165) is 16.9 Å². The fourth-order valence-electron chi connectivity index (χ4n) is 1.89. The van der Waals surface area contributed by atoms with Gasteiger partial charge in [0.2, 0.25) is 0 Å². The minimum atomic E-state index is -0.930. The summed E-state index contributed by atoms with van der Waals surface area (Å²) < 4.78 is 1.91. The lowest BCUT2D eigenvalue weighted by Crippen LogP contribution is -1.95. The minimum Gasteiger partial charge on any atom is -0.478 e. The molecule has 0 saturated heterocycles. The lowest BCUT2D eigenvalue weighted by molar-refractivity contribution is 0.0697. The zero-order valence-corrected chi connectivity index (χ0v) is 9.45. The van der Waals surface area contributed by atoms with Crippen molar-refractivity contribution in [1.82, 2.24) is 9.38 Å². The zero-order chi connectivity index (χ0) is 12.5. The lowest BCUT2D eigenvalue weighted by Gasteiger charge is -1.98. The van der Waals surface area contributed by atoms with Crippen LogP contribution in [0.4, 0.5) is 0 Å². The summed E-state index contributed by atoms with van der Waals surface area (Å²) in [6.07, 6.45) is 3.79. The number of carboxylic acids is 1. The Bertz CT molecular complexity index is 698. The Morgan fingerprint density at radius 1 is 1.17 bits per heavy atom. The van der Waals surface area contributed by atoms with Gasteiger partial charge in [0.1, 0.15) is 5.65 Å². The van der Waals surface area contributed by atoms with E-state index >= 15 is 0 Å². The summed E-state index contributed by atoms with van der Waals surface area (Å²) in [5, 5.41) is 8.97. The van der Waals surface area contributed by atoms with Crippen molar-refractivity contribution in [3.05, 3.63) is 60.4 Å². The van der Waals surface area contributed by atoms with Crippen LogP contribution in [0.25, 0.3) is 16.9 Å². The number of hydrogen-bond acceptors (Lipinski definition) is 2. The third-order valence-electron chi connectivity index (χ3n) is 2.77. The zero-order valence-electron chi connectivity index (χ0n) is 9.45. The highest BCUT2D eigenvalue weighted by molar-refractivity contribution is 5.89. The van der Waals surface area contributed by atoms with E-state index in [1.807, 2.05) is 41.1 Å². The maximum absolute atomic E-state index is 10.9. The molecule has 0 bridgehead atoms. The molecule has 0 aliphatic heterocycles. The number of carboxylic acid groups (broad SMARTS) is 1. The van der Waals surface area contributed by atoms with E-state index in [1.165, 1.54) is 0 Å². The molecule has 0 spiro atoms. The summed E-state index contributed by atoms with van der Waals surface area (Å²) >= 11 is 0. The highest BCUT2D eigenvalue weighted by Crippen LogP contribution is 2.20. The van der Waals surface area contributed by atoms with Crippen molar-refractivity contribution in [1.29, 1.82) is 0 Å². The first kappa shape index (κ1) is 10.5. The molecule has 1 N–H and O–H groups in total. The number of aromatic nitrogens is 2. The number of fused-ring (bicyclic) bond motifs is 1. The molecule has 0 radical (unpaired) electrons. The number of benzene rings is 1. The Kier molecular flexibility index (Phi) is 2.34. The monoisotopic (exact) mass is 238 g/mol. The molecule has 18 heavy (non-hydrogen) atoms. The predicted octanol–water partition coefficient (Wildman–Crippen LogP) is 2.70. The molecule has 0 amide bonds. The van der Waals surface area contributed by atoms with Crippen molar-refractivity contribution >= 4 is 11.6 Å². The van der Waals surface area contributed by atoms with Gasteiger partial charge >= 0.3 is 5.97 Å². The van der Waals surface area contributed by atoms with Gasteiger partial charge in [-0.15, -0.1) is 0 Å². The molecule has 2 aromatic heterocycles. The molecule has 3 aromatic rings. The largest absolute Gasteiger partial charge is 0.478 e. The Hall–Kier alpha value is -2.62. The molecule has 4 nitrogen and oxygen atoms in total. The van der Waals surface area contributed by atoms with Crippen LogP contribution in [0.5, 0.6) is 0 Å². The number of rotatable bonds is 2. The SMILES string of the molecule is O=C(O)c1cccc(-c2cn3ccccc3n2)c1. The maximum Gasteiger partial charge on any atom is 0.335 e. The second-order valence-corrected chi connectivity index (χ2v) is 3.98. The average molecular weight is 238 g/mol. The Labute approximate surface area is 103 Å². The van der Waals surface area contributed by atoms with E-state index in [0.29, 0.717) is 0 Å². The van der Waals surface area contributed by atoms with Gasteiger partial charge < -0.3 is 9.51 Å². The summed E-state index contributed by atoms with van der Waals surface area (Å²) in [5.41, 5.74) is 2.68. The smallest absolute Gasteiger partial charge is 0.335 e. The van der Waals surface area contributed by atoms with E-state index in [-0.39, 0.29) is 5.56 Å². The minimum absolute atomic E-state index is 0.268. The average Bonchev–Trinajstić information content (AvgIpc) is 2.82. The molecule has 3 rings (SSSR count). The van der Waals surface area contributed by atoms with Crippen LogP contribution in [0.3, 0.4) is 0 Å². The Morgan fingerprint density at radius 2 is 2.06 bits per heavy atom. The summed E-state index contributed by atoms with van der Waals surface area (Å²) in [6.45, 7) is 0. The highest BCUT2D eigenvalue weighted by Gasteiger charge is 2.07. The fraction of sp³-hybridized carbons (Fsp3) is 0. The number of pyridine rings is 1. The third kappa shape index (κ3) is 1.73. The Morgan fingerprint density at radius 3 is 2.83 bits per heavy atom. The molecule has 1 aromatic carbocycles. The number of nitrogens with zero attached hydrogens (tertiary/aromatic N) is 2. The molecule has 0 aliphatic rings. The van der Waals surface area contributed by atoms with Crippen molar-refractivity contribution < 1.29 is 9.90 Å². The summed E-state index contributed by atoms with van der Waals surface area (Å²) in [6, 6.07) is 12.5. The quantitative estimate of drug-likeness (QED) is 0.746. The van der Waals surface area contributed by atoms with Gasteiger partial charge in [-0.3, -0.25) is 0 Å². The number of aromatic carboxylic acids is 1. The molecule has 88 valence electrons. The van der Waals surface area contributed by atoms with E-state index in [4.69, 9.17) is 5.11 Å². The van der Waals surface area contributed by atoms with E-state index in [9.17, 15) is 4.79 Å². The van der Waals surface area contributed by atoms with Gasteiger partial charge in [-0.25, -0.2) is 9.78 Å². The van der Waals surface area contributed by atoms with Crippen LogP contribution in [0.2, 0.25) is 0 Å². The number of imidazole rings is 1. The summed E-state index contributed by atoms with van der Waals surface area (Å²) in [5.74, 6) is -0.930. The molecule has 4 heteroatoms. The van der Waals surface area contributed by atoms with Crippen LogP contribution in [-0.4, -0.2) is 20.5 Å². The van der Waals surface area contributed by atoms with Gasteiger partial charge in [0.15, 0.2) is 0 Å². The summed E-state index contributed by atoms with van der Waals surface area (Å²) in [7, 11) is 0. The first-order valence-electron chi connectivity index (χ1n) is 5.51. The fourth-order valence-corrected chi connectivity index (χ4v) is 1.89. The molecular formula is C14H10N2O2. The van der Waals surface area contributed by atoms with Crippen LogP contribution in [0.15, 0.2) is 54.9 Å². The molecular weight excluding hydrogens is 228 g/mol. The van der Waals surface area contributed by atoms with Gasteiger partial charge in [-0.1, -0.05) is 18.2 Å².